The highest BCUT2D eigenvalue weighted by Crippen LogP contribution is 2.32. The Morgan fingerprint density at radius 2 is 1.84 bits per heavy atom. The van der Waals surface area contributed by atoms with Gasteiger partial charge in [-0.1, -0.05) is 24.6 Å². The highest BCUT2D eigenvalue weighted by Gasteiger charge is 2.38. The lowest BCUT2D eigenvalue weighted by Gasteiger charge is -2.38. The number of rotatable bonds is 7. The van der Waals surface area contributed by atoms with Crippen molar-refractivity contribution in [3.05, 3.63) is 68.6 Å². The number of carbonyl (C=O) groups excluding carboxylic acids is 2. The van der Waals surface area contributed by atoms with Gasteiger partial charge in [0.25, 0.3) is 11.5 Å². The summed E-state index contributed by atoms with van der Waals surface area (Å²) in [6.07, 6.45) is -0.961. The van der Waals surface area contributed by atoms with Gasteiger partial charge in [0.2, 0.25) is 11.7 Å². The number of halogens is 4. The van der Waals surface area contributed by atoms with Crippen molar-refractivity contribution in [3.8, 4) is 5.75 Å². The van der Waals surface area contributed by atoms with Gasteiger partial charge in [0.15, 0.2) is 22.4 Å². The van der Waals surface area contributed by atoms with Crippen LogP contribution in [0.5, 0.6) is 5.75 Å². The fourth-order valence-electron chi connectivity index (χ4n) is 6.10. The number of nitrogens with zero attached hydrogens (tertiary/aromatic N) is 9. The molecule has 0 bridgehead atoms. The summed E-state index contributed by atoms with van der Waals surface area (Å²) in [4.78, 5) is 61.0. The number of anilines is 2. The molecule has 4 aromatic heterocycles. The van der Waals surface area contributed by atoms with E-state index in [1.807, 2.05) is 17.9 Å². The molecule has 1 saturated heterocycles. The number of nitrogens with one attached hydrogen (secondary N) is 1. The lowest BCUT2D eigenvalue weighted by Crippen LogP contribution is -2.53. The van der Waals surface area contributed by atoms with Gasteiger partial charge in [-0.3, -0.25) is 14.4 Å². The van der Waals surface area contributed by atoms with Gasteiger partial charge in [-0.25, -0.2) is 15.0 Å². The molecule has 2 N–H and O–H groups in total. The molecule has 4 aromatic rings. The molecule has 0 aromatic carbocycles. The monoisotopic (exact) mass is 726 g/mol. The van der Waals surface area contributed by atoms with E-state index in [0.717, 1.165) is 16.2 Å². The third-order valence-electron chi connectivity index (χ3n) is 8.91. The van der Waals surface area contributed by atoms with Crippen molar-refractivity contribution in [3.63, 3.8) is 0 Å². The molecule has 51 heavy (non-hydrogen) atoms. The second kappa shape index (κ2) is 13.6. The summed E-state index contributed by atoms with van der Waals surface area (Å²) in [5.41, 5.74) is -0.260. The highest BCUT2D eigenvalue weighted by atomic mass is 35.5. The first-order chi connectivity index (χ1) is 24.1. The predicted molar refractivity (Wildman–Crippen MR) is 185 cm³/mol. The minimum Gasteiger partial charge on any atom is -0.504 e. The zero-order valence-electron chi connectivity index (χ0n) is 28.1. The molecule has 21 heteroatoms. The molecule has 0 spiro atoms. The number of piperazine rings is 1. The summed E-state index contributed by atoms with van der Waals surface area (Å²) >= 11 is 6.08. The molecular formula is C30H32B2ClF3N10O5. The van der Waals surface area contributed by atoms with Crippen molar-refractivity contribution >= 4 is 61.8 Å². The minimum atomic E-state index is -4.74. The molecular weight excluding hydrogens is 694 g/mol. The summed E-state index contributed by atoms with van der Waals surface area (Å²) in [6, 6.07) is 1.74. The first kappa shape index (κ1) is 35.8. The van der Waals surface area contributed by atoms with Crippen LogP contribution < -0.4 is 15.8 Å². The molecule has 6 heterocycles. The van der Waals surface area contributed by atoms with Crippen molar-refractivity contribution in [2.45, 2.75) is 38.2 Å². The molecule has 2 aliphatic rings. The number of ether oxygens (including phenoxy) is 1. The minimum absolute atomic E-state index is 0.0724. The lowest BCUT2D eigenvalue weighted by atomic mass is 9.60. The fourth-order valence-corrected chi connectivity index (χ4v) is 6.30. The Balaban J connectivity index is 1.41. The summed E-state index contributed by atoms with van der Waals surface area (Å²) in [5, 5.41) is 15.5. The summed E-state index contributed by atoms with van der Waals surface area (Å²) in [5.74, 6) is -1.11. The Labute approximate surface area is 295 Å². The van der Waals surface area contributed by atoms with Gasteiger partial charge in [-0.15, -0.1) is 5.10 Å². The van der Waals surface area contributed by atoms with E-state index in [-0.39, 0.29) is 72.7 Å². The van der Waals surface area contributed by atoms with E-state index < -0.39 is 39.7 Å². The van der Waals surface area contributed by atoms with Crippen LogP contribution in [0, 0.1) is 6.92 Å². The van der Waals surface area contributed by atoms with Crippen molar-refractivity contribution < 1.29 is 32.6 Å². The fraction of sp³-hybridized carbons (Fsp3) is 0.400. The van der Waals surface area contributed by atoms with Gasteiger partial charge in [0, 0.05) is 31.9 Å². The van der Waals surface area contributed by atoms with E-state index >= 15 is 0 Å². The van der Waals surface area contributed by atoms with Crippen molar-refractivity contribution in [1.29, 1.82) is 0 Å². The second-order valence-corrected chi connectivity index (χ2v) is 12.8. The van der Waals surface area contributed by atoms with Gasteiger partial charge in [0.1, 0.15) is 33.4 Å². The molecule has 266 valence electrons. The van der Waals surface area contributed by atoms with Crippen LogP contribution in [0.3, 0.4) is 0 Å². The number of alkyl halides is 3. The van der Waals surface area contributed by atoms with E-state index in [4.69, 9.17) is 21.3 Å². The van der Waals surface area contributed by atoms with Gasteiger partial charge in [-0.2, -0.15) is 22.7 Å². The Kier molecular flexibility index (Phi) is 9.58. The SMILES string of the molecule is BC(B)(C(=O)Nc1ccc(C(F)(F)F)nc1Cl)n1c(CC)c(N2CCN(C(=O)c3ncnc(C)c3O)CC2)c(=O)n2nc(C3=CCOCC3)nc12. The van der Waals surface area contributed by atoms with E-state index in [0.29, 0.717) is 31.4 Å². The number of aryl methyl sites for hydroxylation is 1. The van der Waals surface area contributed by atoms with Gasteiger partial charge in [-0.05, 0) is 37.5 Å². The Morgan fingerprint density at radius 1 is 1.12 bits per heavy atom. The summed E-state index contributed by atoms with van der Waals surface area (Å²) in [7, 11) is 3.16. The van der Waals surface area contributed by atoms with Crippen LogP contribution in [0.15, 0.2) is 29.3 Å². The average Bonchev–Trinajstić information content (AvgIpc) is 3.55. The van der Waals surface area contributed by atoms with Crippen LogP contribution in [0.1, 0.15) is 46.7 Å². The van der Waals surface area contributed by atoms with Crippen molar-refractivity contribution in [2.24, 2.45) is 0 Å². The van der Waals surface area contributed by atoms with Crippen LogP contribution in [0.25, 0.3) is 11.4 Å². The Hall–Kier alpha value is -4.97. The number of fused-ring (bicyclic) bond motifs is 1. The number of aromatic hydroxyl groups is 1. The molecule has 0 aliphatic carbocycles. The number of hydrogen-bond donors (Lipinski definition) is 2. The number of carbonyl (C=O) groups is 2. The van der Waals surface area contributed by atoms with Crippen LogP contribution in [0.2, 0.25) is 5.15 Å². The first-order valence-corrected chi connectivity index (χ1v) is 16.4. The maximum absolute atomic E-state index is 14.3. The highest BCUT2D eigenvalue weighted by molar-refractivity contribution is 6.50. The van der Waals surface area contributed by atoms with E-state index in [1.54, 1.807) is 27.2 Å². The Morgan fingerprint density at radius 3 is 2.47 bits per heavy atom. The normalized spacial score (nSPS) is 15.6. The molecule has 15 nitrogen and oxygen atoms in total. The predicted octanol–water partition coefficient (Wildman–Crippen LogP) is 0.606. The van der Waals surface area contributed by atoms with Gasteiger partial charge in [0.05, 0.1) is 29.9 Å². The summed E-state index contributed by atoms with van der Waals surface area (Å²) < 4.78 is 47.9. The number of amides is 2. The van der Waals surface area contributed by atoms with E-state index in [1.165, 1.54) is 11.2 Å². The van der Waals surface area contributed by atoms with Crippen molar-refractivity contribution in [1.82, 2.24) is 39.0 Å². The molecule has 0 unspecified atom stereocenters. The molecule has 2 amide bonds. The van der Waals surface area contributed by atoms with Gasteiger partial charge < -0.3 is 29.5 Å². The number of hydrogen-bond acceptors (Lipinski definition) is 11. The molecule has 0 atom stereocenters. The molecule has 1 fully saturated rings. The van der Waals surface area contributed by atoms with Crippen LogP contribution in [-0.2, 0) is 27.5 Å². The number of pyridine rings is 1. The van der Waals surface area contributed by atoms with Crippen LogP contribution >= 0.6 is 11.6 Å². The van der Waals surface area contributed by atoms with Crippen LogP contribution in [-0.4, -0.2) is 111 Å². The van der Waals surface area contributed by atoms with Crippen LogP contribution in [0.4, 0.5) is 24.5 Å². The summed E-state index contributed by atoms with van der Waals surface area (Å²) in [6.45, 7) is 4.94. The average molecular weight is 727 g/mol. The topological polar surface area (TPSA) is 173 Å². The number of aromatic nitrogens is 7. The molecule has 6 rings (SSSR count). The third-order valence-corrected chi connectivity index (χ3v) is 9.19. The molecule has 0 saturated carbocycles. The molecule has 0 radical (unpaired) electrons. The molecule has 2 aliphatic heterocycles. The Bertz CT molecular complexity index is 2130. The lowest BCUT2D eigenvalue weighted by molar-refractivity contribution is -0.141. The maximum Gasteiger partial charge on any atom is 0.433 e. The second-order valence-electron chi connectivity index (χ2n) is 12.5. The van der Waals surface area contributed by atoms with E-state index in [9.17, 15) is 32.7 Å². The zero-order valence-corrected chi connectivity index (χ0v) is 28.8. The van der Waals surface area contributed by atoms with E-state index in [2.05, 4.69) is 25.4 Å². The van der Waals surface area contributed by atoms with Crippen molar-refractivity contribution in [2.75, 3.05) is 49.6 Å². The first-order valence-electron chi connectivity index (χ1n) is 16.1. The standard InChI is InChI=1S/C30H32B2ClF3N10O5/c1-3-18-21(43-8-10-44(11-9-43)25(48)20-22(47)15(2)37-14-38-20)26(49)46-28(41-24(42-46)16-6-12-51-13-7-16)45(18)29(31,32)27(50)39-17-4-5-19(30(34,35)36)40-23(17)33/h4-6,14,47H,3,7-13,31-32H2,1-2H3,(H,39,50). The smallest absolute Gasteiger partial charge is 0.433 e. The maximum atomic E-state index is 14.3. The largest absolute Gasteiger partial charge is 0.504 e. The van der Waals surface area contributed by atoms with Gasteiger partial charge >= 0.3 is 6.18 Å². The third kappa shape index (κ3) is 6.64. The quantitative estimate of drug-likeness (QED) is 0.202. The zero-order chi connectivity index (χ0) is 36.8.